The predicted molar refractivity (Wildman–Crippen MR) is 65.1 cm³/mol. The maximum atomic E-state index is 4.28. The fourth-order valence-corrected chi connectivity index (χ4v) is 1.74. The minimum Gasteiger partial charge on any atom is -0.370 e. The van der Waals surface area contributed by atoms with Crippen LogP contribution < -0.4 is 5.32 Å². The van der Waals surface area contributed by atoms with Gasteiger partial charge in [-0.15, -0.1) is 0 Å². The van der Waals surface area contributed by atoms with Crippen LogP contribution in [0.3, 0.4) is 0 Å². The lowest BCUT2D eigenvalue weighted by atomic mass is 10.3. The van der Waals surface area contributed by atoms with Gasteiger partial charge in [-0.3, -0.25) is 0 Å². The van der Waals surface area contributed by atoms with Crippen LogP contribution in [-0.2, 0) is 0 Å². The zero-order chi connectivity index (χ0) is 10.2. The van der Waals surface area contributed by atoms with E-state index < -0.39 is 0 Å². The lowest BCUT2D eigenvalue weighted by molar-refractivity contribution is 0.979. The first-order chi connectivity index (χ1) is 6.83. The number of nitrogens with zero attached hydrogens (tertiary/aromatic N) is 1. The standard InChI is InChI=1S/C11H18N2S/c1-3-14-8-4-7-12-11-6-5-10(2)9-13-11/h5-6,9H,3-4,7-8H2,1-2H3,(H,12,13). The molecule has 0 unspecified atom stereocenters. The van der Waals surface area contributed by atoms with Gasteiger partial charge in [0.15, 0.2) is 0 Å². The Morgan fingerprint density at radius 1 is 1.43 bits per heavy atom. The fraction of sp³-hybridized carbons (Fsp3) is 0.545. The van der Waals surface area contributed by atoms with E-state index >= 15 is 0 Å². The number of pyridine rings is 1. The van der Waals surface area contributed by atoms with Gasteiger partial charge in [-0.25, -0.2) is 4.98 Å². The van der Waals surface area contributed by atoms with E-state index in [-0.39, 0.29) is 0 Å². The highest BCUT2D eigenvalue weighted by molar-refractivity contribution is 7.99. The van der Waals surface area contributed by atoms with E-state index in [0.29, 0.717) is 0 Å². The summed E-state index contributed by atoms with van der Waals surface area (Å²) < 4.78 is 0. The van der Waals surface area contributed by atoms with Gasteiger partial charge in [0.2, 0.25) is 0 Å². The van der Waals surface area contributed by atoms with Gasteiger partial charge in [-0.2, -0.15) is 11.8 Å². The summed E-state index contributed by atoms with van der Waals surface area (Å²) in [6, 6.07) is 4.11. The van der Waals surface area contributed by atoms with Gasteiger partial charge >= 0.3 is 0 Å². The molecule has 0 radical (unpaired) electrons. The molecule has 0 aliphatic carbocycles. The van der Waals surface area contributed by atoms with Crippen molar-refractivity contribution in [1.29, 1.82) is 0 Å². The SMILES string of the molecule is CCSCCCNc1ccc(C)cn1. The van der Waals surface area contributed by atoms with E-state index in [4.69, 9.17) is 0 Å². The maximum Gasteiger partial charge on any atom is 0.125 e. The molecule has 0 aliphatic rings. The van der Waals surface area contributed by atoms with Crippen molar-refractivity contribution in [3.63, 3.8) is 0 Å². The Bertz CT molecular complexity index is 246. The molecule has 2 nitrogen and oxygen atoms in total. The van der Waals surface area contributed by atoms with E-state index in [1.54, 1.807) is 0 Å². The summed E-state index contributed by atoms with van der Waals surface area (Å²) in [6.45, 7) is 5.26. The van der Waals surface area contributed by atoms with Gasteiger partial charge in [0.25, 0.3) is 0 Å². The third-order valence-corrected chi connectivity index (χ3v) is 2.87. The smallest absolute Gasteiger partial charge is 0.125 e. The number of rotatable bonds is 6. The lowest BCUT2D eigenvalue weighted by Crippen LogP contribution is -2.04. The molecule has 0 atom stereocenters. The molecule has 0 spiro atoms. The van der Waals surface area contributed by atoms with Crippen LogP contribution in [0.5, 0.6) is 0 Å². The van der Waals surface area contributed by atoms with Crippen molar-refractivity contribution in [1.82, 2.24) is 4.98 Å². The molecular weight excluding hydrogens is 192 g/mol. The van der Waals surface area contributed by atoms with Crippen LogP contribution >= 0.6 is 11.8 Å². The van der Waals surface area contributed by atoms with Gasteiger partial charge in [-0.05, 0) is 36.5 Å². The largest absolute Gasteiger partial charge is 0.370 e. The van der Waals surface area contributed by atoms with Gasteiger partial charge in [-0.1, -0.05) is 13.0 Å². The molecule has 0 amide bonds. The summed E-state index contributed by atoms with van der Waals surface area (Å²) in [5.41, 5.74) is 1.21. The number of aromatic nitrogens is 1. The van der Waals surface area contributed by atoms with Crippen LogP contribution in [0.25, 0.3) is 0 Å². The highest BCUT2D eigenvalue weighted by Gasteiger charge is 1.92. The Morgan fingerprint density at radius 3 is 2.93 bits per heavy atom. The van der Waals surface area contributed by atoms with Crippen LogP contribution in [0.4, 0.5) is 5.82 Å². The second-order valence-electron chi connectivity index (χ2n) is 3.20. The number of hydrogen-bond acceptors (Lipinski definition) is 3. The van der Waals surface area contributed by atoms with Crippen molar-refractivity contribution in [2.75, 3.05) is 23.4 Å². The predicted octanol–water partition coefficient (Wildman–Crippen LogP) is 2.95. The number of anilines is 1. The van der Waals surface area contributed by atoms with E-state index in [1.165, 1.54) is 23.5 Å². The first-order valence-electron chi connectivity index (χ1n) is 5.07. The molecule has 0 bridgehead atoms. The molecule has 1 aromatic rings. The number of hydrogen-bond donors (Lipinski definition) is 1. The minimum absolute atomic E-state index is 0.983. The fourth-order valence-electron chi connectivity index (χ4n) is 1.11. The van der Waals surface area contributed by atoms with E-state index in [0.717, 1.165) is 12.4 Å². The molecule has 1 rings (SSSR count). The van der Waals surface area contributed by atoms with Crippen LogP contribution in [0.2, 0.25) is 0 Å². The summed E-state index contributed by atoms with van der Waals surface area (Å²) in [6.07, 6.45) is 3.09. The zero-order valence-electron chi connectivity index (χ0n) is 8.92. The van der Waals surface area contributed by atoms with Crippen LogP contribution in [0.15, 0.2) is 18.3 Å². The molecule has 0 aliphatic heterocycles. The van der Waals surface area contributed by atoms with Crippen LogP contribution in [0.1, 0.15) is 18.9 Å². The second-order valence-corrected chi connectivity index (χ2v) is 4.59. The van der Waals surface area contributed by atoms with Crippen LogP contribution in [-0.4, -0.2) is 23.0 Å². The van der Waals surface area contributed by atoms with E-state index in [2.05, 4.69) is 30.2 Å². The molecule has 0 saturated carbocycles. The van der Waals surface area contributed by atoms with Crippen molar-refractivity contribution in [2.45, 2.75) is 20.3 Å². The molecule has 1 aromatic heterocycles. The van der Waals surface area contributed by atoms with Gasteiger partial charge in [0, 0.05) is 12.7 Å². The van der Waals surface area contributed by atoms with Crippen molar-refractivity contribution in [2.24, 2.45) is 0 Å². The first kappa shape index (κ1) is 11.4. The number of thioether (sulfide) groups is 1. The number of aryl methyl sites for hydroxylation is 1. The molecule has 78 valence electrons. The molecule has 3 heteroatoms. The van der Waals surface area contributed by atoms with Gasteiger partial charge in [0.05, 0.1) is 0 Å². The third kappa shape index (κ3) is 4.51. The Balaban J connectivity index is 2.15. The lowest BCUT2D eigenvalue weighted by Gasteiger charge is -2.04. The molecular formula is C11H18N2S. The van der Waals surface area contributed by atoms with Crippen molar-refractivity contribution < 1.29 is 0 Å². The molecule has 0 saturated heterocycles. The average Bonchev–Trinajstić information content (AvgIpc) is 2.21. The molecule has 14 heavy (non-hydrogen) atoms. The quantitative estimate of drug-likeness (QED) is 0.731. The topological polar surface area (TPSA) is 24.9 Å². The van der Waals surface area contributed by atoms with Crippen molar-refractivity contribution in [3.05, 3.63) is 23.9 Å². The van der Waals surface area contributed by atoms with Crippen molar-refractivity contribution in [3.8, 4) is 0 Å². The highest BCUT2D eigenvalue weighted by atomic mass is 32.2. The molecule has 0 fully saturated rings. The Morgan fingerprint density at radius 2 is 2.29 bits per heavy atom. The Kier molecular flexibility index (Phi) is 5.45. The van der Waals surface area contributed by atoms with Gasteiger partial charge in [0.1, 0.15) is 5.82 Å². The summed E-state index contributed by atoms with van der Waals surface area (Å²) in [5.74, 6) is 3.43. The maximum absolute atomic E-state index is 4.28. The second kappa shape index (κ2) is 6.71. The highest BCUT2D eigenvalue weighted by Crippen LogP contribution is 2.05. The first-order valence-corrected chi connectivity index (χ1v) is 6.22. The third-order valence-electron chi connectivity index (χ3n) is 1.89. The summed E-state index contributed by atoms with van der Waals surface area (Å²) in [7, 11) is 0. The normalized spacial score (nSPS) is 10.1. The molecule has 1 N–H and O–H groups in total. The van der Waals surface area contributed by atoms with Crippen LogP contribution in [0, 0.1) is 6.92 Å². The van der Waals surface area contributed by atoms with Crippen molar-refractivity contribution >= 4 is 17.6 Å². The zero-order valence-corrected chi connectivity index (χ0v) is 9.73. The van der Waals surface area contributed by atoms with E-state index in [1.807, 2.05) is 24.0 Å². The summed E-state index contributed by atoms with van der Waals surface area (Å²) in [4.78, 5) is 4.28. The average molecular weight is 210 g/mol. The van der Waals surface area contributed by atoms with Gasteiger partial charge < -0.3 is 5.32 Å². The summed E-state index contributed by atoms with van der Waals surface area (Å²) in [5, 5.41) is 3.31. The number of nitrogens with one attached hydrogen (secondary N) is 1. The monoisotopic (exact) mass is 210 g/mol. The Hall–Kier alpha value is -0.700. The minimum atomic E-state index is 0.983. The molecule has 0 aromatic carbocycles. The van der Waals surface area contributed by atoms with E-state index in [9.17, 15) is 0 Å². The summed E-state index contributed by atoms with van der Waals surface area (Å²) >= 11 is 1.99. The Labute approximate surface area is 90.5 Å². The molecule has 1 heterocycles.